The van der Waals surface area contributed by atoms with Crippen LogP contribution in [-0.2, 0) is 0 Å². The Morgan fingerprint density at radius 1 is 1.43 bits per heavy atom. The lowest BCUT2D eigenvalue weighted by molar-refractivity contribution is -0.384. The average molecular weight is 309 g/mol. The molecule has 0 atom stereocenters. The van der Waals surface area contributed by atoms with Gasteiger partial charge in [-0.25, -0.2) is 0 Å². The summed E-state index contributed by atoms with van der Waals surface area (Å²) in [5, 5.41) is 10.8. The minimum Gasteiger partial charge on any atom is -0.393 e. The van der Waals surface area contributed by atoms with E-state index in [2.05, 4.69) is 0 Å². The number of carbonyl (C=O) groups is 1. The van der Waals surface area contributed by atoms with Crippen LogP contribution in [0, 0.1) is 10.1 Å². The summed E-state index contributed by atoms with van der Waals surface area (Å²) >= 11 is 4.84. The van der Waals surface area contributed by atoms with Crippen molar-refractivity contribution in [3.8, 4) is 0 Å². The summed E-state index contributed by atoms with van der Waals surface area (Å²) < 4.78 is 0. The maximum atomic E-state index is 12.5. The van der Waals surface area contributed by atoms with Gasteiger partial charge in [-0.3, -0.25) is 14.9 Å². The van der Waals surface area contributed by atoms with Crippen molar-refractivity contribution in [3.05, 3.63) is 39.9 Å². The summed E-state index contributed by atoms with van der Waals surface area (Å²) in [6.45, 7) is 3.04. The van der Waals surface area contributed by atoms with Crippen LogP contribution >= 0.6 is 12.2 Å². The molecule has 21 heavy (non-hydrogen) atoms. The second kappa shape index (κ2) is 8.31. The summed E-state index contributed by atoms with van der Waals surface area (Å²) in [6, 6.07) is 5.75. The molecule has 114 valence electrons. The van der Waals surface area contributed by atoms with E-state index in [1.807, 2.05) is 6.92 Å². The van der Waals surface area contributed by atoms with E-state index in [0.29, 0.717) is 30.1 Å². The van der Waals surface area contributed by atoms with E-state index >= 15 is 0 Å². The van der Waals surface area contributed by atoms with Crippen LogP contribution in [0.2, 0.25) is 0 Å². The van der Waals surface area contributed by atoms with Gasteiger partial charge in [-0.2, -0.15) is 0 Å². The zero-order valence-electron chi connectivity index (χ0n) is 11.9. The lowest BCUT2D eigenvalue weighted by Gasteiger charge is -2.22. The molecule has 2 N–H and O–H groups in total. The summed E-state index contributed by atoms with van der Waals surface area (Å²) in [4.78, 5) is 24.7. The predicted octanol–water partition coefficient (Wildman–Crippen LogP) is 2.51. The molecule has 0 fully saturated rings. The van der Waals surface area contributed by atoms with Gasteiger partial charge in [-0.1, -0.05) is 31.6 Å². The molecule has 0 radical (unpaired) electrons. The number of unbranched alkanes of at least 4 members (excludes halogenated alkanes) is 1. The van der Waals surface area contributed by atoms with Crippen molar-refractivity contribution in [2.45, 2.75) is 26.2 Å². The number of non-ortho nitro benzene ring substituents is 1. The molecule has 0 spiro atoms. The van der Waals surface area contributed by atoms with Gasteiger partial charge < -0.3 is 10.6 Å². The monoisotopic (exact) mass is 309 g/mol. The Labute approximate surface area is 129 Å². The van der Waals surface area contributed by atoms with Crippen molar-refractivity contribution in [2.24, 2.45) is 5.73 Å². The van der Waals surface area contributed by atoms with E-state index in [9.17, 15) is 14.9 Å². The van der Waals surface area contributed by atoms with Crippen LogP contribution in [0.4, 0.5) is 5.69 Å². The number of nitro groups is 1. The second-order valence-electron chi connectivity index (χ2n) is 4.67. The van der Waals surface area contributed by atoms with Gasteiger partial charge in [0.1, 0.15) is 0 Å². The molecule has 0 unspecified atom stereocenters. The van der Waals surface area contributed by atoms with Gasteiger partial charge in [0.2, 0.25) is 0 Å². The molecule has 1 aromatic carbocycles. The minimum atomic E-state index is -0.512. The molecule has 0 aliphatic rings. The fourth-order valence-corrected chi connectivity index (χ4v) is 1.94. The Hall–Kier alpha value is -2.02. The maximum Gasteiger partial charge on any atom is 0.270 e. The number of rotatable bonds is 8. The van der Waals surface area contributed by atoms with E-state index in [0.717, 1.165) is 12.8 Å². The molecular weight excluding hydrogens is 290 g/mol. The van der Waals surface area contributed by atoms with Gasteiger partial charge in [0.15, 0.2) is 0 Å². The largest absolute Gasteiger partial charge is 0.393 e. The molecule has 6 nitrogen and oxygen atoms in total. The standard InChI is InChI=1S/C14H19N3O3S/c1-2-3-8-16(9-7-13(15)21)14(18)11-5-4-6-12(10-11)17(19)20/h4-6,10H,2-3,7-9H2,1H3,(H2,15,21). The molecule has 1 rings (SSSR count). The third-order valence-corrected chi connectivity index (χ3v) is 3.20. The lowest BCUT2D eigenvalue weighted by Crippen LogP contribution is -2.34. The Kier molecular flexibility index (Phi) is 6.74. The van der Waals surface area contributed by atoms with E-state index < -0.39 is 4.92 Å². The van der Waals surface area contributed by atoms with Crippen molar-refractivity contribution < 1.29 is 9.72 Å². The van der Waals surface area contributed by atoms with E-state index in [1.165, 1.54) is 18.2 Å². The van der Waals surface area contributed by atoms with Crippen LogP contribution in [0.1, 0.15) is 36.5 Å². The third-order valence-electron chi connectivity index (χ3n) is 3.00. The summed E-state index contributed by atoms with van der Waals surface area (Å²) in [5.41, 5.74) is 5.69. The molecule has 0 heterocycles. The first-order valence-corrected chi connectivity index (χ1v) is 7.18. The normalized spacial score (nSPS) is 10.1. The van der Waals surface area contributed by atoms with Crippen LogP contribution in [0.3, 0.4) is 0 Å². The number of amides is 1. The first kappa shape index (κ1) is 17.0. The highest BCUT2D eigenvalue weighted by molar-refractivity contribution is 7.80. The topological polar surface area (TPSA) is 89.5 Å². The van der Waals surface area contributed by atoms with Gasteiger partial charge in [0.05, 0.1) is 9.91 Å². The van der Waals surface area contributed by atoms with Gasteiger partial charge in [-0.05, 0) is 12.5 Å². The maximum absolute atomic E-state index is 12.5. The van der Waals surface area contributed by atoms with E-state index in [-0.39, 0.29) is 11.6 Å². The Bertz CT molecular complexity index is 534. The minimum absolute atomic E-state index is 0.0920. The SMILES string of the molecule is CCCCN(CCC(N)=S)C(=O)c1cccc([N+](=O)[O-])c1. The van der Waals surface area contributed by atoms with Crippen LogP contribution in [0.5, 0.6) is 0 Å². The molecule has 7 heteroatoms. The van der Waals surface area contributed by atoms with Crippen molar-refractivity contribution in [2.75, 3.05) is 13.1 Å². The fraction of sp³-hybridized carbons (Fsp3) is 0.429. The highest BCUT2D eigenvalue weighted by Crippen LogP contribution is 2.15. The molecule has 1 aromatic rings. The molecular formula is C14H19N3O3S. The number of carbonyl (C=O) groups excluding carboxylic acids is 1. The first-order chi connectivity index (χ1) is 9.95. The highest BCUT2D eigenvalue weighted by atomic mass is 32.1. The first-order valence-electron chi connectivity index (χ1n) is 6.77. The molecule has 1 amide bonds. The smallest absolute Gasteiger partial charge is 0.270 e. The molecule has 0 aromatic heterocycles. The van der Waals surface area contributed by atoms with Crippen LogP contribution in [-0.4, -0.2) is 33.8 Å². The fourth-order valence-electron chi connectivity index (χ4n) is 1.84. The Balaban J connectivity index is 2.89. The summed E-state index contributed by atoms with van der Waals surface area (Å²) in [5.74, 6) is -0.233. The van der Waals surface area contributed by atoms with Crippen molar-refractivity contribution in [1.82, 2.24) is 4.90 Å². The number of nitrogens with two attached hydrogens (primary N) is 1. The number of thiocarbonyl (C=S) groups is 1. The lowest BCUT2D eigenvalue weighted by atomic mass is 10.1. The molecule has 0 bridgehead atoms. The predicted molar refractivity (Wildman–Crippen MR) is 85.3 cm³/mol. The second-order valence-corrected chi connectivity index (χ2v) is 5.19. The van der Waals surface area contributed by atoms with Gasteiger partial charge in [0.25, 0.3) is 11.6 Å². The molecule has 0 saturated carbocycles. The molecule has 0 aliphatic heterocycles. The summed E-state index contributed by atoms with van der Waals surface area (Å²) in [7, 11) is 0. The number of hydrogen-bond donors (Lipinski definition) is 1. The third kappa shape index (κ3) is 5.47. The van der Waals surface area contributed by atoms with Gasteiger partial charge in [0, 0.05) is 37.2 Å². The Morgan fingerprint density at radius 2 is 2.14 bits per heavy atom. The van der Waals surface area contributed by atoms with Crippen molar-refractivity contribution in [1.29, 1.82) is 0 Å². The molecule has 0 aliphatic carbocycles. The number of nitro benzene ring substituents is 1. The quantitative estimate of drug-likeness (QED) is 0.453. The Morgan fingerprint density at radius 3 is 2.71 bits per heavy atom. The number of hydrogen-bond acceptors (Lipinski definition) is 4. The average Bonchev–Trinajstić information content (AvgIpc) is 2.46. The summed E-state index contributed by atoms with van der Waals surface area (Å²) in [6.07, 6.45) is 2.25. The zero-order valence-corrected chi connectivity index (χ0v) is 12.8. The highest BCUT2D eigenvalue weighted by Gasteiger charge is 2.17. The van der Waals surface area contributed by atoms with Crippen molar-refractivity contribution in [3.63, 3.8) is 0 Å². The van der Waals surface area contributed by atoms with E-state index in [1.54, 1.807) is 11.0 Å². The number of nitrogens with zero attached hydrogens (tertiary/aromatic N) is 2. The number of benzene rings is 1. The van der Waals surface area contributed by atoms with Crippen LogP contribution < -0.4 is 5.73 Å². The van der Waals surface area contributed by atoms with Crippen molar-refractivity contribution >= 4 is 28.8 Å². The van der Waals surface area contributed by atoms with Crippen LogP contribution in [0.15, 0.2) is 24.3 Å². The van der Waals surface area contributed by atoms with Gasteiger partial charge >= 0.3 is 0 Å². The van der Waals surface area contributed by atoms with E-state index in [4.69, 9.17) is 18.0 Å². The van der Waals surface area contributed by atoms with Gasteiger partial charge in [-0.15, -0.1) is 0 Å². The zero-order chi connectivity index (χ0) is 15.8. The van der Waals surface area contributed by atoms with Crippen LogP contribution in [0.25, 0.3) is 0 Å². The molecule has 0 saturated heterocycles.